The molecule has 1 unspecified atom stereocenters. The highest BCUT2D eigenvalue weighted by atomic mass is 31.0. The van der Waals surface area contributed by atoms with Crippen LogP contribution in [0.15, 0.2) is 24.3 Å². The molecule has 0 heterocycles. The Kier molecular flexibility index (Phi) is 2.67. The van der Waals surface area contributed by atoms with Gasteiger partial charge in [0, 0.05) is 6.54 Å². The summed E-state index contributed by atoms with van der Waals surface area (Å²) in [5.41, 5.74) is 1.16. The van der Waals surface area contributed by atoms with E-state index >= 15 is 0 Å². The Hall–Kier alpha value is -0.590. The van der Waals surface area contributed by atoms with E-state index in [1.54, 1.807) is 12.1 Å². The van der Waals surface area contributed by atoms with Crippen LogP contribution in [-0.4, -0.2) is 5.11 Å². The van der Waals surface area contributed by atoms with E-state index in [1.165, 1.54) is 0 Å². The van der Waals surface area contributed by atoms with Crippen molar-refractivity contribution in [1.82, 2.24) is 5.09 Å². The third kappa shape index (κ3) is 1.98. The minimum Gasteiger partial charge on any atom is -0.508 e. The summed E-state index contributed by atoms with van der Waals surface area (Å²) >= 11 is 0. The van der Waals surface area contributed by atoms with Crippen molar-refractivity contribution in [2.45, 2.75) is 6.54 Å². The standard InChI is InChI=1S/C7H10NOP/c9-7-3-1-6(2-4-7)5-8-10/h1-4,8-9H,5,10H2. The van der Waals surface area contributed by atoms with E-state index < -0.39 is 0 Å². The van der Waals surface area contributed by atoms with Crippen LogP contribution in [0.5, 0.6) is 5.75 Å². The van der Waals surface area contributed by atoms with Gasteiger partial charge < -0.3 is 5.11 Å². The molecule has 0 saturated heterocycles. The molecule has 0 amide bonds. The highest BCUT2D eigenvalue weighted by Gasteiger charge is 1.88. The van der Waals surface area contributed by atoms with Gasteiger partial charge in [0.05, 0.1) is 0 Å². The van der Waals surface area contributed by atoms with Gasteiger partial charge in [0.2, 0.25) is 0 Å². The Labute approximate surface area is 62.5 Å². The molecule has 0 fully saturated rings. The molecule has 3 heteroatoms. The third-order valence-electron chi connectivity index (χ3n) is 1.24. The van der Waals surface area contributed by atoms with E-state index in [1.807, 2.05) is 12.1 Å². The van der Waals surface area contributed by atoms with E-state index in [4.69, 9.17) is 5.11 Å². The maximum atomic E-state index is 8.90. The number of rotatable bonds is 2. The summed E-state index contributed by atoms with van der Waals surface area (Å²) in [4.78, 5) is 0. The molecular formula is C7H10NOP. The molecule has 2 N–H and O–H groups in total. The molecule has 1 atom stereocenters. The SMILES string of the molecule is Oc1ccc(CNP)cc1. The second kappa shape index (κ2) is 3.55. The molecule has 54 valence electrons. The number of hydrogen-bond donors (Lipinski definition) is 2. The minimum atomic E-state index is 0.313. The lowest BCUT2D eigenvalue weighted by molar-refractivity contribution is 0.475. The summed E-state index contributed by atoms with van der Waals surface area (Å²) in [7, 11) is 2.43. The number of phenolic OH excluding ortho intramolecular Hbond substituents is 1. The maximum absolute atomic E-state index is 8.90. The van der Waals surface area contributed by atoms with Crippen LogP contribution in [0.2, 0.25) is 0 Å². The first-order valence-electron chi connectivity index (χ1n) is 3.04. The Morgan fingerprint density at radius 1 is 1.30 bits per heavy atom. The molecule has 2 nitrogen and oxygen atoms in total. The lowest BCUT2D eigenvalue weighted by atomic mass is 10.2. The molecule has 0 aliphatic carbocycles. The molecule has 0 spiro atoms. The van der Waals surface area contributed by atoms with Crippen molar-refractivity contribution in [2.75, 3.05) is 0 Å². The van der Waals surface area contributed by atoms with Crippen molar-refractivity contribution >= 4 is 9.39 Å². The van der Waals surface area contributed by atoms with Gasteiger partial charge in [0.25, 0.3) is 0 Å². The van der Waals surface area contributed by atoms with E-state index in [2.05, 4.69) is 14.5 Å². The molecule has 1 rings (SSSR count). The van der Waals surface area contributed by atoms with Crippen molar-refractivity contribution in [1.29, 1.82) is 0 Å². The largest absolute Gasteiger partial charge is 0.508 e. The van der Waals surface area contributed by atoms with Crippen molar-refractivity contribution in [3.05, 3.63) is 29.8 Å². The minimum absolute atomic E-state index is 0.313. The van der Waals surface area contributed by atoms with Gasteiger partial charge in [-0.1, -0.05) is 21.5 Å². The fourth-order valence-corrected chi connectivity index (χ4v) is 0.967. The number of phenols is 1. The second-order valence-corrected chi connectivity index (χ2v) is 2.46. The summed E-state index contributed by atoms with van der Waals surface area (Å²) in [6.45, 7) is 0.810. The average Bonchev–Trinajstić information content (AvgIpc) is 1.95. The molecule has 0 aromatic heterocycles. The summed E-state index contributed by atoms with van der Waals surface area (Å²) in [6, 6.07) is 7.12. The molecule has 1 aromatic carbocycles. The lowest BCUT2D eigenvalue weighted by Crippen LogP contribution is -1.95. The van der Waals surface area contributed by atoms with Crippen molar-refractivity contribution < 1.29 is 5.11 Å². The van der Waals surface area contributed by atoms with E-state index in [9.17, 15) is 0 Å². The number of hydrogen-bond acceptors (Lipinski definition) is 2. The predicted molar refractivity (Wildman–Crippen MR) is 44.7 cm³/mol. The Bertz CT molecular complexity index is 197. The Morgan fingerprint density at radius 2 is 1.90 bits per heavy atom. The summed E-state index contributed by atoms with van der Waals surface area (Å²) in [6.07, 6.45) is 0. The average molecular weight is 155 g/mol. The molecular weight excluding hydrogens is 145 g/mol. The number of benzene rings is 1. The molecule has 10 heavy (non-hydrogen) atoms. The normalized spacial score (nSPS) is 9.70. The molecule has 0 saturated carbocycles. The zero-order valence-corrected chi connectivity index (χ0v) is 6.70. The van der Waals surface area contributed by atoms with Crippen LogP contribution in [-0.2, 0) is 6.54 Å². The topological polar surface area (TPSA) is 32.3 Å². The van der Waals surface area contributed by atoms with Crippen LogP contribution >= 0.6 is 9.39 Å². The fourth-order valence-electron chi connectivity index (χ4n) is 0.732. The van der Waals surface area contributed by atoms with Crippen LogP contribution < -0.4 is 5.09 Å². The summed E-state index contributed by atoms with van der Waals surface area (Å²) in [5, 5.41) is 11.8. The van der Waals surface area contributed by atoms with Crippen LogP contribution in [0.4, 0.5) is 0 Å². The highest BCUT2D eigenvalue weighted by Crippen LogP contribution is 2.09. The van der Waals surface area contributed by atoms with Crippen LogP contribution in [0.1, 0.15) is 5.56 Å². The Balaban J connectivity index is 2.69. The van der Waals surface area contributed by atoms with Gasteiger partial charge in [-0.15, -0.1) is 0 Å². The van der Waals surface area contributed by atoms with Gasteiger partial charge in [0.15, 0.2) is 0 Å². The zero-order valence-electron chi connectivity index (χ0n) is 5.54. The molecule has 0 aliphatic rings. The first kappa shape index (κ1) is 7.52. The lowest BCUT2D eigenvalue weighted by Gasteiger charge is -1.97. The van der Waals surface area contributed by atoms with E-state index in [0.717, 1.165) is 12.1 Å². The quantitative estimate of drug-likeness (QED) is 0.630. The first-order valence-corrected chi connectivity index (χ1v) is 3.62. The molecule has 0 radical (unpaired) electrons. The van der Waals surface area contributed by atoms with Crippen LogP contribution in [0, 0.1) is 0 Å². The van der Waals surface area contributed by atoms with Gasteiger partial charge in [-0.05, 0) is 17.7 Å². The molecule has 0 aliphatic heterocycles. The van der Waals surface area contributed by atoms with Gasteiger partial charge in [-0.25, -0.2) is 0 Å². The van der Waals surface area contributed by atoms with Gasteiger partial charge in [0.1, 0.15) is 5.75 Å². The molecule has 0 bridgehead atoms. The second-order valence-electron chi connectivity index (χ2n) is 2.05. The van der Waals surface area contributed by atoms with E-state index in [-0.39, 0.29) is 0 Å². The van der Waals surface area contributed by atoms with Crippen LogP contribution in [0.3, 0.4) is 0 Å². The van der Waals surface area contributed by atoms with Crippen molar-refractivity contribution in [3.63, 3.8) is 0 Å². The van der Waals surface area contributed by atoms with E-state index in [0.29, 0.717) is 5.75 Å². The fraction of sp³-hybridized carbons (Fsp3) is 0.143. The smallest absolute Gasteiger partial charge is 0.115 e. The third-order valence-corrected chi connectivity index (χ3v) is 1.45. The van der Waals surface area contributed by atoms with Gasteiger partial charge in [-0.3, -0.25) is 5.09 Å². The van der Waals surface area contributed by atoms with Gasteiger partial charge >= 0.3 is 0 Å². The zero-order chi connectivity index (χ0) is 7.40. The van der Waals surface area contributed by atoms with Crippen molar-refractivity contribution in [3.8, 4) is 5.75 Å². The monoisotopic (exact) mass is 155 g/mol. The first-order chi connectivity index (χ1) is 4.83. The number of nitrogens with one attached hydrogen (secondary N) is 1. The summed E-state index contributed by atoms with van der Waals surface area (Å²) < 4.78 is 0. The van der Waals surface area contributed by atoms with Crippen LogP contribution in [0.25, 0.3) is 0 Å². The highest BCUT2D eigenvalue weighted by molar-refractivity contribution is 7.13. The summed E-state index contributed by atoms with van der Waals surface area (Å²) in [5.74, 6) is 0.313. The Morgan fingerprint density at radius 3 is 2.40 bits per heavy atom. The predicted octanol–water partition coefficient (Wildman–Crippen LogP) is 1.27. The molecule has 1 aromatic rings. The number of aromatic hydroxyl groups is 1. The van der Waals surface area contributed by atoms with Gasteiger partial charge in [-0.2, -0.15) is 0 Å². The van der Waals surface area contributed by atoms with Crippen molar-refractivity contribution in [2.24, 2.45) is 0 Å². The maximum Gasteiger partial charge on any atom is 0.115 e.